The van der Waals surface area contributed by atoms with Crippen LogP contribution in [-0.2, 0) is 13.6 Å². The van der Waals surface area contributed by atoms with E-state index in [9.17, 15) is 4.79 Å². The molecule has 0 amide bonds. The molecule has 2 rings (SSSR count). The van der Waals surface area contributed by atoms with Gasteiger partial charge in [0, 0.05) is 19.3 Å². The lowest BCUT2D eigenvalue weighted by molar-refractivity contribution is 0.718. The molecule has 0 saturated heterocycles. The normalized spacial score (nSPS) is 11.1. The van der Waals surface area contributed by atoms with Crippen molar-refractivity contribution in [2.45, 2.75) is 6.54 Å². The topological polar surface area (TPSA) is 26.9 Å². The van der Waals surface area contributed by atoms with Gasteiger partial charge >= 0.3 is 5.69 Å². The fourth-order valence-electron chi connectivity index (χ4n) is 1.76. The number of hydrogen-bond donors (Lipinski definition) is 0. The van der Waals surface area contributed by atoms with Gasteiger partial charge in [0.05, 0.1) is 11.0 Å². The van der Waals surface area contributed by atoms with E-state index in [0.29, 0.717) is 0 Å². The minimum absolute atomic E-state index is 0.0743. The van der Waals surface area contributed by atoms with Crippen LogP contribution in [0.1, 0.15) is 0 Å². The standard InChI is InChI=1S/C11H14N2OS/c1-12-9-5-3-4-6-10(9)13(11(12)14)7-8-15-2/h3-6H,7-8H2,1-2H3. The summed E-state index contributed by atoms with van der Waals surface area (Å²) in [5, 5.41) is 0. The number of aryl methyl sites for hydroxylation is 2. The van der Waals surface area contributed by atoms with Gasteiger partial charge in [0.25, 0.3) is 0 Å². The Kier molecular flexibility index (Phi) is 2.86. The zero-order chi connectivity index (χ0) is 10.8. The maximum Gasteiger partial charge on any atom is 0.328 e. The molecule has 0 fully saturated rings. The van der Waals surface area contributed by atoms with Crippen molar-refractivity contribution in [2.75, 3.05) is 12.0 Å². The van der Waals surface area contributed by atoms with E-state index in [0.717, 1.165) is 23.3 Å². The summed E-state index contributed by atoms with van der Waals surface area (Å²) >= 11 is 1.75. The summed E-state index contributed by atoms with van der Waals surface area (Å²) in [6.07, 6.45) is 2.05. The fraction of sp³-hybridized carbons (Fsp3) is 0.364. The molecular weight excluding hydrogens is 208 g/mol. The van der Waals surface area contributed by atoms with Crippen LogP contribution in [0.15, 0.2) is 29.1 Å². The Balaban J connectivity index is 2.62. The van der Waals surface area contributed by atoms with Gasteiger partial charge in [-0.2, -0.15) is 11.8 Å². The average Bonchev–Trinajstić information content (AvgIpc) is 2.51. The predicted molar refractivity (Wildman–Crippen MR) is 65.6 cm³/mol. The predicted octanol–water partition coefficient (Wildman–Crippen LogP) is 1.70. The third-order valence-corrected chi connectivity index (χ3v) is 3.16. The van der Waals surface area contributed by atoms with Gasteiger partial charge in [-0.05, 0) is 18.4 Å². The van der Waals surface area contributed by atoms with Gasteiger partial charge in [-0.15, -0.1) is 0 Å². The van der Waals surface area contributed by atoms with Crippen LogP contribution in [0.5, 0.6) is 0 Å². The summed E-state index contributed by atoms with van der Waals surface area (Å²) in [6.45, 7) is 0.779. The lowest BCUT2D eigenvalue weighted by Gasteiger charge is -2.00. The summed E-state index contributed by atoms with van der Waals surface area (Å²) in [7, 11) is 1.82. The Morgan fingerprint density at radius 2 is 1.93 bits per heavy atom. The molecule has 0 bridgehead atoms. The van der Waals surface area contributed by atoms with E-state index in [1.807, 2.05) is 35.9 Å². The van der Waals surface area contributed by atoms with Crippen molar-refractivity contribution in [1.82, 2.24) is 9.13 Å². The van der Waals surface area contributed by atoms with Crippen LogP contribution in [0, 0.1) is 0 Å². The third-order valence-electron chi connectivity index (χ3n) is 2.57. The molecule has 0 aliphatic rings. The Bertz CT molecular complexity index is 527. The second-order valence-corrected chi connectivity index (χ2v) is 4.46. The molecule has 1 aromatic carbocycles. The minimum atomic E-state index is 0.0743. The molecule has 4 heteroatoms. The van der Waals surface area contributed by atoms with Crippen LogP contribution in [0.25, 0.3) is 11.0 Å². The van der Waals surface area contributed by atoms with E-state index in [4.69, 9.17) is 0 Å². The largest absolute Gasteiger partial charge is 0.328 e. The number of nitrogens with zero attached hydrogens (tertiary/aromatic N) is 2. The molecule has 80 valence electrons. The zero-order valence-corrected chi connectivity index (χ0v) is 9.75. The number of rotatable bonds is 3. The van der Waals surface area contributed by atoms with Crippen LogP contribution < -0.4 is 5.69 Å². The quantitative estimate of drug-likeness (QED) is 0.790. The minimum Gasteiger partial charge on any atom is -0.295 e. The number of aromatic nitrogens is 2. The molecular formula is C11H14N2OS. The number of imidazole rings is 1. The monoisotopic (exact) mass is 222 g/mol. The Hall–Kier alpha value is -1.16. The maximum absolute atomic E-state index is 11.9. The smallest absolute Gasteiger partial charge is 0.295 e. The molecule has 0 spiro atoms. The third kappa shape index (κ3) is 1.69. The van der Waals surface area contributed by atoms with E-state index in [1.54, 1.807) is 16.3 Å². The van der Waals surface area contributed by atoms with Crippen molar-refractivity contribution in [3.05, 3.63) is 34.7 Å². The summed E-state index contributed by atoms with van der Waals surface area (Å²) < 4.78 is 3.54. The first-order valence-electron chi connectivity index (χ1n) is 4.89. The van der Waals surface area contributed by atoms with Gasteiger partial charge in [-0.25, -0.2) is 4.79 Å². The molecule has 0 radical (unpaired) electrons. The van der Waals surface area contributed by atoms with Crippen molar-refractivity contribution in [3.8, 4) is 0 Å². The molecule has 15 heavy (non-hydrogen) atoms. The van der Waals surface area contributed by atoms with Gasteiger partial charge in [0.2, 0.25) is 0 Å². The Labute approximate surface area is 92.7 Å². The number of para-hydroxylation sites is 2. The van der Waals surface area contributed by atoms with Gasteiger partial charge in [-0.3, -0.25) is 9.13 Å². The first kappa shape index (κ1) is 10.4. The highest BCUT2D eigenvalue weighted by Gasteiger charge is 2.08. The molecule has 0 unspecified atom stereocenters. The lowest BCUT2D eigenvalue weighted by atomic mass is 10.3. The molecule has 3 nitrogen and oxygen atoms in total. The highest BCUT2D eigenvalue weighted by molar-refractivity contribution is 7.98. The highest BCUT2D eigenvalue weighted by Crippen LogP contribution is 2.11. The summed E-state index contributed by atoms with van der Waals surface area (Å²) in [4.78, 5) is 11.9. The molecule has 0 N–H and O–H groups in total. The van der Waals surface area contributed by atoms with Crippen LogP contribution in [0.3, 0.4) is 0 Å². The summed E-state index contributed by atoms with van der Waals surface area (Å²) in [5.74, 6) is 0.966. The van der Waals surface area contributed by atoms with Crippen LogP contribution in [0.2, 0.25) is 0 Å². The molecule has 2 aromatic rings. The van der Waals surface area contributed by atoms with Crippen molar-refractivity contribution >= 4 is 22.8 Å². The lowest BCUT2D eigenvalue weighted by Crippen LogP contribution is -2.22. The summed E-state index contributed by atoms with van der Waals surface area (Å²) in [5.41, 5.74) is 2.10. The Morgan fingerprint density at radius 3 is 2.60 bits per heavy atom. The van der Waals surface area contributed by atoms with Gasteiger partial charge in [0.15, 0.2) is 0 Å². The zero-order valence-electron chi connectivity index (χ0n) is 8.93. The average molecular weight is 222 g/mol. The van der Waals surface area contributed by atoms with Gasteiger partial charge in [-0.1, -0.05) is 12.1 Å². The second-order valence-electron chi connectivity index (χ2n) is 3.47. The first-order chi connectivity index (χ1) is 7.25. The van der Waals surface area contributed by atoms with E-state index in [-0.39, 0.29) is 5.69 Å². The van der Waals surface area contributed by atoms with Crippen LogP contribution in [0.4, 0.5) is 0 Å². The van der Waals surface area contributed by atoms with Crippen molar-refractivity contribution < 1.29 is 0 Å². The van der Waals surface area contributed by atoms with E-state index in [2.05, 4.69) is 6.26 Å². The Morgan fingerprint density at radius 1 is 1.27 bits per heavy atom. The van der Waals surface area contributed by atoms with Crippen LogP contribution in [-0.4, -0.2) is 21.1 Å². The summed E-state index contributed by atoms with van der Waals surface area (Å²) in [6, 6.07) is 7.90. The van der Waals surface area contributed by atoms with Crippen LogP contribution >= 0.6 is 11.8 Å². The maximum atomic E-state index is 11.9. The van der Waals surface area contributed by atoms with Gasteiger partial charge < -0.3 is 0 Å². The molecule has 1 heterocycles. The highest BCUT2D eigenvalue weighted by atomic mass is 32.2. The van der Waals surface area contributed by atoms with Gasteiger partial charge in [0.1, 0.15) is 0 Å². The van der Waals surface area contributed by atoms with E-state index >= 15 is 0 Å². The second kappa shape index (κ2) is 4.14. The molecule has 1 aromatic heterocycles. The van der Waals surface area contributed by atoms with Crippen molar-refractivity contribution in [3.63, 3.8) is 0 Å². The molecule has 0 aliphatic heterocycles. The van der Waals surface area contributed by atoms with E-state index in [1.165, 1.54) is 0 Å². The van der Waals surface area contributed by atoms with Crippen molar-refractivity contribution in [1.29, 1.82) is 0 Å². The SMILES string of the molecule is CSCCn1c(=O)n(C)c2ccccc21. The first-order valence-corrected chi connectivity index (χ1v) is 6.28. The number of hydrogen-bond acceptors (Lipinski definition) is 2. The number of benzene rings is 1. The number of fused-ring (bicyclic) bond motifs is 1. The number of thioether (sulfide) groups is 1. The van der Waals surface area contributed by atoms with Crippen molar-refractivity contribution in [2.24, 2.45) is 7.05 Å². The fourth-order valence-corrected chi connectivity index (χ4v) is 2.13. The molecule has 0 aliphatic carbocycles. The molecule has 0 atom stereocenters. The van der Waals surface area contributed by atoms with E-state index < -0.39 is 0 Å². The molecule has 0 saturated carbocycles.